The number of amides is 1. The molecule has 1 saturated heterocycles. The zero-order valence-corrected chi connectivity index (χ0v) is 16.2. The van der Waals surface area contributed by atoms with Crippen molar-refractivity contribution in [1.29, 1.82) is 0 Å². The normalized spacial score (nSPS) is 15.0. The Labute approximate surface area is 160 Å². The van der Waals surface area contributed by atoms with Gasteiger partial charge in [-0.05, 0) is 50.7 Å². The number of benzene rings is 1. The van der Waals surface area contributed by atoms with Crippen LogP contribution in [0, 0.1) is 0 Å². The number of aromatic nitrogens is 2. The van der Waals surface area contributed by atoms with Crippen LogP contribution in [0.5, 0.6) is 5.75 Å². The van der Waals surface area contributed by atoms with Crippen LogP contribution in [0.2, 0.25) is 0 Å². The molecule has 7 heteroatoms. The summed E-state index contributed by atoms with van der Waals surface area (Å²) in [5, 5.41) is 2.87. The van der Waals surface area contributed by atoms with E-state index < -0.39 is 0 Å². The Morgan fingerprint density at radius 3 is 2.48 bits per heavy atom. The summed E-state index contributed by atoms with van der Waals surface area (Å²) >= 11 is 0. The highest BCUT2D eigenvalue weighted by molar-refractivity contribution is 6.03. The summed E-state index contributed by atoms with van der Waals surface area (Å²) in [6.07, 6.45) is 1.76. The summed E-state index contributed by atoms with van der Waals surface area (Å²) in [7, 11) is 0. The van der Waals surface area contributed by atoms with Gasteiger partial charge in [0.15, 0.2) is 0 Å². The van der Waals surface area contributed by atoms with Crippen LogP contribution >= 0.6 is 0 Å². The number of hydrogen-bond donors (Lipinski definition) is 1. The second kappa shape index (κ2) is 8.81. The van der Waals surface area contributed by atoms with Gasteiger partial charge in [-0.3, -0.25) is 4.79 Å². The van der Waals surface area contributed by atoms with Gasteiger partial charge < -0.3 is 19.9 Å². The highest BCUT2D eigenvalue weighted by Gasteiger charge is 2.19. The maximum atomic E-state index is 12.6. The van der Waals surface area contributed by atoms with Crippen molar-refractivity contribution in [2.75, 3.05) is 42.9 Å². The molecule has 1 aromatic heterocycles. The molecule has 1 N–H and O–H groups in total. The van der Waals surface area contributed by atoms with E-state index in [9.17, 15) is 4.79 Å². The van der Waals surface area contributed by atoms with Crippen molar-refractivity contribution in [3.63, 3.8) is 0 Å². The third-order valence-corrected chi connectivity index (χ3v) is 4.46. The number of nitrogens with zero attached hydrogens (tertiary/aromatic N) is 4. The van der Waals surface area contributed by atoms with Gasteiger partial charge in [0.05, 0.1) is 6.10 Å². The predicted octanol–water partition coefficient (Wildman–Crippen LogP) is 2.66. The number of likely N-dealkylation sites (N-methyl/N-ethyl adjacent to an activating group) is 1. The Bertz CT molecular complexity index is 755. The molecule has 1 amide bonds. The summed E-state index contributed by atoms with van der Waals surface area (Å²) in [6, 6.07) is 8.96. The predicted molar refractivity (Wildman–Crippen MR) is 107 cm³/mol. The first kappa shape index (κ1) is 19.1. The van der Waals surface area contributed by atoms with Crippen molar-refractivity contribution >= 4 is 17.5 Å². The Hall–Kier alpha value is -2.67. The maximum absolute atomic E-state index is 12.6. The second-order valence-corrected chi connectivity index (χ2v) is 6.81. The number of rotatable bonds is 6. The number of hydrogen-bond acceptors (Lipinski definition) is 6. The van der Waals surface area contributed by atoms with Gasteiger partial charge in [0, 0.05) is 38.1 Å². The van der Waals surface area contributed by atoms with Crippen molar-refractivity contribution in [2.45, 2.75) is 26.9 Å². The average Bonchev–Trinajstić information content (AvgIpc) is 2.69. The first-order chi connectivity index (χ1) is 13.0. The third kappa shape index (κ3) is 5.17. The molecule has 0 radical (unpaired) electrons. The quantitative estimate of drug-likeness (QED) is 0.844. The van der Waals surface area contributed by atoms with Crippen LogP contribution < -0.4 is 15.0 Å². The molecule has 7 nitrogen and oxygen atoms in total. The van der Waals surface area contributed by atoms with Crippen molar-refractivity contribution in [3.05, 3.63) is 42.2 Å². The van der Waals surface area contributed by atoms with E-state index in [1.54, 1.807) is 12.3 Å². The third-order valence-electron chi connectivity index (χ3n) is 4.46. The van der Waals surface area contributed by atoms with Crippen LogP contribution in [-0.2, 0) is 0 Å². The number of piperazine rings is 1. The van der Waals surface area contributed by atoms with Crippen LogP contribution in [0.25, 0.3) is 0 Å². The molecule has 1 aliphatic heterocycles. The molecule has 0 unspecified atom stereocenters. The zero-order valence-electron chi connectivity index (χ0n) is 16.2. The Kier molecular flexibility index (Phi) is 6.24. The minimum atomic E-state index is -0.247. The lowest BCUT2D eigenvalue weighted by molar-refractivity contribution is 0.102. The summed E-state index contributed by atoms with van der Waals surface area (Å²) in [6.45, 7) is 10.9. The first-order valence-corrected chi connectivity index (χ1v) is 9.43. The highest BCUT2D eigenvalue weighted by Crippen LogP contribution is 2.18. The number of ether oxygens (including phenoxy) is 1. The fraction of sp³-hybridized carbons (Fsp3) is 0.450. The van der Waals surface area contributed by atoms with E-state index in [4.69, 9.17) is 4.74 Å². The molecule has 0 aliphatic carbocycles. The van der Waals surface area contributed by atoms with E-state index in [1.807, 2.05) is 38.1 Å². The summed E-state index contributed by atoms with van der Waals surface area (Å²) in [5.74, 6) is 1.14. The molecule has 1 fully saturated rings. The lowest BCUT2D eigenvalue weighted by Crippen LogP contribution is -2.46. The van der Waals surface area contributed by atoms with Gasteiger partial charge in [0.2, 0.25) is 5.95 Å². The van der Waals surface area contributed by atoms with E-state index in [0.29, 0.717) is 17.3 Å². The van der Waals surface area contributed by atoms with Gasteiger partial charge in [-0.2, -0.15) is 0 Å². The van der Waals surface area contributed by atoms with E-state index in [1.165, 1.54) is 0 Å². The number of carbonyl (C=O) groups is 1. The molecule has 0 atom stereocenters. The largest absolute Gasteiger partial charge is 0.491 e. The van der Waals surface area contributed by atoms with Gasteiger partial charge in [0.25, 0.3) is 5.91 Å². The molecule has 0 spiro atoms. The fourth-order valence-corrected chi connectivity index (χ4v) is 2.98. The van der Waals surface area contributed by atoms with Crippen molar-refractivity contribution in [3.8, 4) is 5.75 Å². The van der Waals surface area contributed by atoms with E-state index >= 15 is 0 Å². The molecule has 1 aliphatic rings. The SMILES string of the molecule is CCN1CCN(c2nccc(C(=O)Nc3ccc(OC(C)C)cc3)n2)CC1. The summed E-state index contributed by atoms with van der Waals surface area (Å²) in [5.41, 5.74) is 1.06. The van der Waals surface area contributed by atoms with Gasteiger partial charge in [-0.25, -0.2) is 9.97 Å². The van der Waals surface area contributed by atoms with Gasteiger partial charge >= 0.3 is 0 Å². The first-order valence-electron chi connectivity index (χ1n) is 9.43. The summed E-state index contributed by atoms with van der Waals surface area (Å²) < 4.78 is 5.62. The molecule has 144 valence electrons. The maximum Gasteiger partial charge on any atom is 0.274 e. The van der Waals surface area contributed by atoms with Crippen LogP contribution in [0.3, 0.4) is 0 Å². The lowest BCUT2D eigenvalue weighted by Gasteiger charge is -2.34. The monoisotopic (exact) mass is 369 g/mol. The second-order valence-electron chi connectivity index (χ2n) is 6.81. The molecular formula is C20H27N5O2. The van der Waals surface area contributed by atoms with E-state index in [2.05, 4.69) is 32.0 Å². The molecular weight excluding hydrogens is 342 g/mol. The highest BCUT2D eigenvalue weighted by atomic mass is 16.5. The molecule has 2 aromatic rings. The van der Waals surface area contributed by atoms with Gasteiger partial charge in [-0.15, -0.1) is 0 Å². The standard InChI is InChI=1S/C20H27N5O2/c1-4-24-11-13-25(14-12-24)20-21-10-9-18(23-20)19(26)22-16-5-7-17(8-6-16)27-15(2)3/h5-10,15H,4,11-14H2,1-3H3,(H,22,26). The fourth-order valence-electron chi connectivity index (χ4n) is 2.98. The number of nitrogens with one attached hydrogen (secondary N) is 1. The number of carbonyl (C=O) groups excluding carboxylic acids is 1. The van der Waals surface area contributed by atoms with Crippen LogP contribution in [0.15, 0.2) is 36.5 Å². The summed E-state index contributed by atoms with van der Waals surface area (Å²) in [4.78, 5) is 25.9. The van der Waals surface area contributed by atoms with Gasteiger partial charge in [0.1, 0.15) is 11.4 Å². The molecule has 0 bridgehead atoms. The topological polar surface area (TPSA) is 70.6 Å². The van der Waals surface area contributed by atoms with Crippen molar-refractivity contribution in [1.82, 2.24) is 14.9 Å². The molecule has 2 heterocycles. The van der Waals surface area contributed by atoms with Crippen molar-refractivity contribution < 1.29 is 9.53 Å². The van der Waals surface area contributed by atoms with Crippen molar-refractivity contribution in [2.24, 2.45) is 0 Å². The lowest BCUT2D eigenvalue weighted by atomic mass is 10.3. The molecule has 27 heavy (non-hydrogen) atoms. The Morgan fingerprint density at radius 1 is 1.15 bits per heavy atom. The zero-order chi connectivity index (χ0) is 19.2. The smallest absolute Gasteiger partial charge is 0.274 e. The Morgan fingerprint density at radius 2 is 1.85 bits per heavy atom. The molecule has 0 saturated carbocycles. The van der Waals surface area contributed by atoms with Gasteiger partial charge in [-0.1, -0.05) is 6.92 Å². The number of anilines is 2. The minimum Gasteiger partial charge on any atom is -0.491 e. The van der Waals surface area contributed by atoms with E-state index in [0.717, 1.165) is 38.5 Å². The minimum absolute atomic E-state index is 0.115. The van der Waals surface area contributed by atoms with Crippen LogP contribution in [0.4, 0.5) is 11.6 Å². The molecule has 3 rings (SSSR count). The van der Waals surface area contributed by atoms with E-state index in [-0.39, 0.29) is 12.0 Å². The average molecular weight is 369 g/mol. The molecule has 1 aromatic carbocycles. The van der Waals surface area contributed by atoms with Crippen LogP contribution in [-0.4, -0.2) is 59.6 Å². The Balaban J connectivity index is 1.63. The van der Waals surface area contributed by atoms with Crippen LogP contribution in [0.1, 0.15) is 31.3 Å².